The van der Waals surface area contributed by atoms with Crippen LogP contribution in [0.5, 0.6) is 0 Å². The van der Waals surface area contributed by atoms with E-state index < -0.39 is 0 Å². The Labute approximate surface area is 128 Å². The van der Waals surface area contributed by atoms with E-state index in [9.17, 15) is 10.1 Å². The van der Waals surface area contributed by atoms with Crippen molar-refractivity contribution in [3.8, 4) is 5.69 Å². The number of fused-ring (bicyclic) bond motifs is 1. The summed E-state index contributed by atoms with van der Waals surface area (Å²) < 4.78 is 2.44. The minimum absolute atomic E-state index is 0.0127. The number of aryl methyl sites for hydroxylation is 1. The number of aromatic nitrogens is 3. The topological polar surface area (TPSA) is 73.8 Å². The van der Waals surface area contributed by atoms with Gasteiger partial charge in [-0.15, -0.1) is 0 Å². The van der Waals surface area contributed by atoms with Crippen molar-refractivity contribution in [1.82, 2.24) is 14.8 Å². The molecule has 0 atom stereocenters. The van der Waals surface area contributed by atoms with Gasteiger partial charge in [0.15, 0.2) is 0 Å². The molecule has 0 N–H and O–H groups in total. The highest BCUT2D eigenvalue weighted by Crippen LogP contribution is 2.33. The predicted molar refractivity (Wildman–Crippen MR) is 82.7 cm³/mol. The Bertz CT molecular complexity index is 873. The number of nitrogens with zero attached hydrogens (tertiary/aromatic N) is 4. The summed E-state index contributed by atoms with van der Waals surface area (Å²) in [4.78, 5) is 15.3. The molecule has 0 aliphatic carbocycles. The summed E-state index contributed by atoms with van der Waals surface area (Å²) in [6.45, 7) is 3.71. The highest BCUT2D eigenvalue weighted by Gasteiger charge is 2.23. The van der Waals surface area contributed by atoms with Crippen molar-refractivity contribution in [1.29, 1.82) is 0 Å². The van der Waals surface area contributed by atoms with Gasteiger partial charge < -0.3 is 0 Å². The van der Waals surface area contributed by atoms with Crippen LogP contribution < -0.4 is 0 Å². The molecule has 106 valence electrons. The molecule has 0 saturated carbocycles. The Hall–Kier alpha value is -2.28. The zero-order chi connectivity index (χ0) is 15.1. The molecule has 0 spiro atoms. The summed E-state index contributed by atoms with van der Waals surface area (Å²) in [5.74, 6) is 0. The quantitative estimate of drug-likeness (QED) is 0.523. The molecule has 6 nitrogen and oxygen atoms in total. The lowest BCUT2D eigenvalue weighted by atomic mass is 10.1. The van der Waals surface area contributed by atoms with E-state index in [0.29, 0.717) is 16.6 Å². The highest BCUT2D eigenvalue weighted by molar-refractivity contribution is 9.10. The van der Waals surface area contributed by atoms with Gasteiger partial charge >= 0.3 is 5.69 Å². The molecule has 21 heavy (non-hydrogen) atoms. The van der Waals surface area contributed by atoms with Gasteiger partial charge in [0.2, 0.25) is 0 Å². The number of rotatable bonds is 2. The summed E-state index contributed by atoms with van der Waals surface area (Å²) in [5, 5.41) is 16.4. The number of hydrogen-bond donors (Lipinski definition) is 0. The molecule has 0 unspecified atom stereocenters. The van der Waals surface area contributed by atoms with Crippen LogP contribution in [0.4, 0.5) is 5.69 Å². The molecule has 0 saturated heterocycles. The zero-order valence-electron chi connectivity index (χ0n) is 11.4. The van der Waals surface area contributed by atoms with Crippen LogP contribution in [0.1, 0.15) is 11.4 Å². The maximum Gasteiger partial charge on any atom is 0.304 e. The second-order valence-corrected chi connectivity index (χ2v) is 5.45. The van der Waals surface area contributed by atoms with Gasteiger partial charge in [0.25, 0.3) is 0 Å². The number of benzene rings is 1. The third-order valence-electron chi connectivity index (χ3n) is 3.35. The van der Waals surface area contributed by atoms with Crippen molar-refractivity contribution >= 4 is 32.5 Å². The van der Waals surface area contributed by atoms with Crippen LogP contribution in [-0.2, 0) is 0 Å². The molecule has 0 bridgehead atoms. The minimum atomic E-state index is -0.385. The molecule has 0 aliphatic rings. The summed E-state index contributed by atoms with van der Waals surface area (Å²) in [7, 11) is 0. The summed E-state index contributed by atoms with van der Waals surface area (Å²) in [6, 6.07) is 6.84. The van der Waals surface area contributed by atoms with Crippen LogP contribution >= 0.6 is 15.9 Å². The van der Waals surface area contributed by atoms with Crippen LogP contribution in [-0.4, -0.2) is 19.7 Å². The molecule has 2 aromatic heterocycles. The summed E-state index contributed by atoms with van der Waals surface area (Å²) in [5.41, 5.74) is 2.64. The molecule has 0 aliphatic heterocycles. The monoisotopic (exact) mass is 346 g/mol. The first-order valence-corrected chi connectivity index (χ1v) is 7.04. The fourth-order valence-corrected chi connectivity index (χ4v) is 2.59. The molecule has 7 heteroatoms. The first-order chi connectivity index (χ1) is 10.0. The summed E-state index contributed by atoms with van der Waals surface area (Å²) in [6.07, 6.45) is 1.62. The standard InChI is InChI=1S/C14H11BrN4O2/c1-8-13(15)9(2)18(17-8)12-6-5-11-10(4-3-7-16-11)14(12)19(20)21/h3-7H,1-2H3. The smallest absolute Gasteiger partial charge is 0.258 e. The van der Waals surface area contributed by atoms with E-state index in [2.05, 4.69) is 26.0 Å². The fourth-order valence-electron chi connectivity index (χ4n) is 2.35. The molecular weight excluding hydrogens is 336 g/mol. The molecule has 0 amide bonds. The SMILES string of the molecule is Cc1nn(-c2ccc3ncccc3c2[N+](=O)[O-])c(C)c1Br. The zero-order valence-corrected chi connectivity index (χ0v) is 13.0. The van der Waals surface area contributed by atoms with Crippen LogP contribution in [0, 0.1) is 24.0 Å². The van der Waals surface area contributed by atoms with Gasteiger partial charge in [-0.25, -0.2) is 4.68 Å². The third kappa shape index (κ3) is 2.09. The Morgan fingerprint density at radius 1 is 1.29 bits per heavy atom. The number of halogens is 1. The highest BCUT2D eigenvalue weighted by atomic mass is 79.9. The Balaban J connectivity index is 2.40. The van der Waals surface area contributed by atoms with Crippen LogP contribution in [0.25, 0.3) is 16.6 Å². The number of nitro groups is 1. The van der Waals surface area contributed by atoms with Crippen molar-refractivity contribution in [2.75, 3.05) is 0 Å². The van der Waals surface area contributed by atoms with E-state index in [-0.39, 0.29) is 10.6 Å². The van der Waals surface area contributed by atoms with Gasteiger partial charge in [-0.1, -0.05) is 0 Å². The van der Waals surface area contributed by atoms with E-state index in [1.54, 1.807) is 35.1 Å². The molecule has 1 aromatic carbocycles. The van der Waals surface area contributed by atoms with Crippen LogP contribution in [0.2, 0.25) is 0 Å². The van der Waals surface area contributed by atoms with Gasteiger partial charge in [-0.05, 0) is 54.0 Å². The number of nitro benzene ring substituents is 1. The lowest BCUT2D eigenvalue weighted by Crippen LogP contribution is -2.04. The van der Waals surface area contributed by atoms with Gasteiger partial charge in [-0.2, -0.15) is 5.10 Å². The van der Waals surface area contributed by atoms with Crippen molar-refractivity contribution < 1.29 is 4.92 Å². The van der Waals surface area contributed by atoms with Crippen molar-refractivity contribution in [2.24, 2.45) is 0 Å². The maximum atomic E-state index is 11.5. The summed E-state index contributed by atoms with van der Waals surface area (Å²) >= 11 is 3.44. The van der Waals surface area contributed by atoms with Crippen LogP contribution in [0.3, 0.4) is 0 Å². The minimum Gasteiger partial charge on any atom is -0.258 e. The molecule has 0 radical (unpaired) electrons. The van der Waals surface area contributed by atoms with Crippen LogP contribution in [0.15, 0.2) is 34.9 Å². The van der Waals surface area contributed by atoms with Gasteiger partial charge in [0, 0.05) is 6.20 Å². The van der Waals surface area contributed by atoms with E-state index in [4.69, 9.17) is 0 Å². The van der Waals surface area contributed by atoms with Crippen molar-refractivity contribution in [2.45, 2.75) is 13.8 Å². The lowest BCUT2D eigenvalue weighted by Gasteiger charge is -2.07. The molecule has 3 rings (SSSR count). The molecule has 3 aromatic rings. The normalized spacial score (nSPS) is 11.0. The Kier molecular flexibility index (Phi) is 3.21. The van der Waals surface area contributed by atoms with Crippen molar-refractivity contribution in [3.05, 3.63) is 56.4 Å². The van der Waals surface area contributed by atoms with Gasteiger partial charge in [0.05, 0.1) is 31.7 Å². The van der Waals surface area contributed by atoms with Gasteiger partial charge in [0.1, 0.15) is 5.69 Å². The second kappa shape index (κ2) is 4.92. The van der Waals surface area contributed by atoms with E-state index >= 15 is 0 Å². The average molecular weight is 347 g/mol. The second-order valence-electron chi connectivity index (χ2n) is 4.66. The maximum absolute atomic E-state index is 11.5. The number of hydrogen-bond acceptors (Lipinski definition) is 4. The molecular formula is C14H11BrN4O2. The Morgan fingerprint density at radius 2 is 2.05 bits per heavy atom. The van der Waals surface area contributed by atoms with Gasteiger partial charge in [-0.3, -0.25) is 15.1 Å². The molecule has 0 fully saturated rings. The third-order valence-corrected chi connectivity index (χ3v) is 4.50. The van der Waals surface area contributed by atoms with Crippen molar-refractivity contribution in [3.63, 3.8) is 0 Å². The first-order valence-electron chi connectivity index (χ1n) is 6.25. The largest absolute Gasteiger partial charge is 0.304 e. The van der Waals surface area contributed by atoms with E-state index in [1.165, 1.54) is 0 Å². The first kappa shape index (κ1) is 13.7. The van der Waals surface area contributed by atoms with E-state index in [1.807, 2.05) is 13.8 Å². The number of pyridine rings is 1. The predicted octanol–water partition coefficient (Wildman–Crippen LogP) is 3.71. The fraction of sp³-hybridized carbons (Fsp3) is 0.143. The lowest BCUT2D eigenvalue weighted by molar-refractivity contribution is -0.382. The molecule has 2 heterocycles. The Morgan fingerprint density at radius 3 is 2.67 bits per heavy atom. The average Bonchev–Trinajstić information content (AvgIpc) is 2.73. The van der Waals surface area contributed by atoms with E-state index in [0.717, 1.165) is 15.9 Å².